The molecule has 0 spiro atoms. The zero-order valence-electron chi connectivity index (χ0n) is 8.30. The van der Waals surface area contributed by atoms with Gasteiger partial charge in [-0.2, -0.15) is 0 Å². The van der Waals surface area contributed by atoms with Gasteiger partial charge in [-0.25, -0.2) is 0 Å². The normalized spacial score (nSPS) is 9.75. The number of hydrogen-bond acceptors (Lipinski definition) is 3. The molecule has 0 saturated heterocycles. The Kier molecular flexibility index (Phi) is 17.0. The summed E-state index contributed by atoms with van der Waals surface area (Å²) in [5.74, 6) is 0. The standard InChI is InChI=1S/C6H16O3Si.FH3Si/c1-4-7-10(8-5-2)9-6-3;1-2/h10H,4-6H2,1-3H3;2H3. The van der Waals surface area contributed by atoms with E-state index in [0.29, 0.717) is 19.8 Å². The van der Waals surface area contributed by atoms with Crippen LogP contribution in [0.5, 0.6) is 0 Å². The average molecular weight is 214 g/mol. The second-order valence-electron chi connectivity index (χ2n) is 1.65. The molecule has 0 N–H and O–H groups in total. The largest absolute Gasteiger partial charge is 0.484 e. The van der Waals surface area contributed by atoms with E-state index in [9.17, 15) is 4.11 Å². The fourth-order valence-corrected chi connectivity index (χ4v) is 1.66. The summed E-state index contributed by atoms with van der Waals surface area (Å²) in [5.41, 5.74) is 0. The topological polar surface area (TPSA) is 27.7 Å². The summed E-state index contributed by atoms with van der Waals surface area (Å²) in [6.07, 6.45) is 0. The molecule has 0 rings (SSSR count). The molecule has 0 atom stereocenters. The van der Waals surface area contributed by atoms with Crippen molar-refractivity contribution in [1.29, 1.82) is 0 Å². The zero-order chi connectivity index (χ0) is 9.82. The van der Waals surface area contributed by atoms with Crippen LogP contribution < -0.4 is 0 Å². The van der Waals surface area contributed by atoms with Gasteiger partial charge in [0.15, 0.2) is 0 Å². The van der Waals surface area contributed by atoms with Crippen LogP contribution in [0.15, 0.2) is 0 Å². The highest BCUT2D eigenvalue weighted by Crippen LogP contribution is 1.90. The Morgan fingerprint density at radius 1 is 0.917 bits per heavy atom. The zero-order valence-corrected chi connectivity index (χ0v) is 11.5. The first-order valence-corrected chi connectivity index (χ1v) is 6.24. The maximum Gasteiger partial charge on any atom is 0.484 e. The van der Waals surface area contributed by atoms with Crippen LogP contribution in [0.2, 0.25) is 0 Å². The molecular formula is C6H19FO3Si2. The summed E-state index contributed by atoms with van der Waals surface area (Å²) in [4.78, 5) is 0. The molecule has 0 aromatic heterocycles. The Balaban J connectivity index is 0. The summed E-state index contributed by atoms with van der Waals surface area (Å²) in [6.45, 7) is 7.86. The minimum Gasteiger partial charge on any atom is -0.376 e. The molecule has 0 bridgehead atoms. The van der Waals surface area contributed by atoms with Gasteiger partial charge in [0.05, 0.1) is 0 Å². The van der Waals surface area contributed by atoms with Crippen LogP contribution in [0.1, 0.15) is 20.8 Å². The van der Waals surface area contributed by atoms with Gasteiger partial charge >= 0.3 is 9.53 Å². The molecule has 0 aliphatic heterocycles. The van der Waals surface area contributed by atoms with Gasteiger partial charge in [0.1, 0.15) is 0 Å². The molecule has 0 aliphatic rings. The fraction of sp³-hybridized carbons (Fsp3) is 1.00. The molecule has 12 heavy (non-hydrogen) atoms. The molecular weight excluding hydrogens is 195 g/mol. The quantitative estimate of drug-likeness (QED) is 0.462. The monoisotopic (exact) mass is 214 g/mol. The van der Waals surface area contributed by atoms with Gasteiger partial charge < -0.3 is 17.4 Å². The molecule has 0 aromatic carbocycles. The molecule has 0 aromatic rings. The lowest BCUT2D eigenvalue weighted by Crippen LogP contribution is -2.27. The van der Waals surface area contributed by atoms with Crippen molar-refractivity contribution < 1.29 is 17.4 Å². The van der Waals surface area contributed by atoms with Crippen molar-refractivity contribution in [3.05, 3.63) is 0 Å². The highest BCUT2D eigenvalue weighted by molar-refractivity contribution is 6.36. The fourth-order valence-electron chi connectivity index (χ4n) is 0.553. The lowest BCUT2D eigenvalue weighted by atomic mass is 10.9. The number of rotatable bonds is 6. The van der Waals surface area contributed by atoms with E-state index in [1.165, 1.54) is 0 Å². The predicted molar refractivity (Wildman–Crippen MR) is 53.1 cm³/mol. The molecule has 0 saturated carbocycles. The summed E-state index contributed by atoms with van der Waals surface area (Å²) in [5, 5.41) is 0. The maximum atomic E-state index is 9.64. The van der Waals surface area contributed by atoms with E-state index in [1.54, 1.807) is 0 Å². The second kappa shape index (κ2) is 13.8. The highest BCUT2D eigenvalue weighted by atomic mass is 28.3. The van der Waals surface area contributed by atoms with Crippen LogP contribution in [0.4, 0.5) is 4.11 Å². The predicted octanol–water partition coefficient (Wildman–Crippen LogP) is 0.0494. The van der Waals surface area contributed by atoms with Crippen LogP contribution in [0, 0.1) is 0 Å². The van der Waals surface area contributed by atoms with E-state index in [0.717, 1.165) is 0 Å². The molecule has 0 amide bonds. The Labute approximate surface area is 78.8 Å². The van der Waals surface area contributed by atoms with E-state index in [1.807, 2.05) is 20.8 Å². The summed E-state index contributed by atoms with van der Waals surface area (Å²) >= 11 is 0. The SMILES string of the molecule is CCO[SiH](OCC)OCC.F[SiH3]. The van der Waals surface area contributed by atoms with Gasteiger partial charge in [-0.1, -0.05) is 0 Å². The first kappa shape index (κ1) is 14.8. The van der Waals surface area contributed by atoms with Gasteiger partial charge in [-0.15, -0.1) is 0 Å². The minimum atomic E-state index is -1.73. The third kappa shape index (κ3) is 10.2. The molecule has 0 fully saturated rings. The van der Waals surface area contributed by atoms with Gasteiger partial charge in [-0.05, 0) is 20.8 Å². The first-order chi connectivity index (χ1) is 5.85. The third-order valence-electron chi connectivity index (χ3n) is 0.908. The lowest BCUT2D eigenvalue weighted by molar-refractivity contribution is 0.107. The Bertz CT molecular complexity index is 63.5. The maximum absolute atomic E-state index is 9.64. The van der Waals surface area contributed by atoms with E-state index in [-0.39, 0.29) is 10.6 Å². The highest BCUT2D eigenvalue weighted by Gasteiger charge is 2.11. The van der Waals surface area contributed by atoms with Gasteiger partial charge in [0.2, 0.25) is 10.6 Å². The molecule has 76 valence electrons. The summed E-state index contributed by atoms with van der Waals surface area (Å²) in [6, 6.07) is 0. The van der Waals surface area contributed by atoms with E-state index < -0.39 is 9.53 Å². The van der Waals surface area contributed by atoms with Crippen molar-refractivity contribution in [3.63, 3.8) is 0 Å². The van der Waals surface area contributed by atoms with Gasteiger partial charge in [0, 0.05) is 19.8 Å². The van der Waals surface area contributed by atoms with Gasteiger partial charge in [0.25, 0.3) is 0 Å². The average Bonchev–Trinajstić information content (AvgIpc) is 2.10. The third-order valence-corrected chi connectivity index (χ3v) is 2.72. The van der Waals surface area contributed by atoms with Crippen molar-refractivity contribution in [2.75, 3.05) is 19.8 Å². The van der Waals surface area contributed by atoms with E-state index in [4.69, 9.17) is 13.3 Å². The summed E-state index contributed by atoms with van der Waals surface area (Å²) < 4.78 is 25.3. The van der Waals surface area contributed by atoms with Crippen molar-refractivity contribution in [2.45, 2.75) is 20.8 Å². The molecule has 0 aliphatic carbocycles. The lowest BCUT2D eigenvalue weighted by Gasteiger charge is -2.12. The number of halogens is 1. The van der Waals surface area contributed by atoms with Crippen molar-refractivity contribution in [1.82, 2.24) is 0 Å². The van der Waals surface area contributed by atoms with E-state index >= 15 is 0 Å². The van der Waals surface area contributed by atoms with Crippen LogP contribution in [0.25, 0.3) is 0 Å². The van der Waals surface area contributed by atoms with Crippen LogP contribution >= 0.6 is 0 Å². The van der Waals surface area contributed by atoms with Crippen molar-refractivity contribution in [2.24, 2.45) is 0 Å². The van der Waals surface area contributed by atoms with Crippen LogP contribution in [-0.4, -0.2) is 39.9 Å². The molecule has 0 heterocycles. The van der Waals surface area contributed by atoms with Crippen molar-refractivity contribution >= 4 is 20.1 Å². The Hall–Kier alpha value is 0.244. The van der Waals surface area contributed by atoms with Gasteiger partial charge in [-0.3, -0.25) is 0 Å². The Morgan fingerprint density at radius 3 is 1.33 bits per heavy atom. The molecule has 0 unspecified atom stereocenters. The van der Waals surface area contributed by atoms with E-state index in [2.05, 4.69) is 0 Å². The molecule has 0 radical (unpaired) electrons. The summed E-state index contributed by atoms with van der Waals surface area (Å²) in [7, 11) is -1.93. The second-order valence-corrected chi connectivity index (χ2v) is 3.23. The first-order valence-electron chi connectivity index (χ1n) is 4.07. The number of hydrogen-bond donors (Lipinski definition) is 0. The minimum absolute atomic E-state index is 0.194. The Morgan fingerprint density at radius 2 is 1.17 bits per heavy atom. The van der Waals surface area contributed by atoms with Crippen LogP contribution in [-0.2, 0) is 13.3 Å². The van der Waals surface area contributed by atoms with Crippen LogP contribution in [0.3, 0.4) is 0 Å². The van der Waals surface area contributed by atoms with Crippen molar-refractivity contribution in [3.8, 4) is 0 Å². The molecule has 3 nitrogen and oxygen atoms in total. The molecule has 6 heteroatoms. The smallest absolute Gasteiger partial charge is 0.376 e.